The Bertz CT molecular complexity index is 1060. The standard InChI is InChI=1S/C23H22N4O/c1-16-13-20(21-17(2)25-26-22(21)24-16)23(28)27(14-18-9-5-3-6-10-18)15-19-11-7-4-8-12-19/h3-13H,14-15H2,1-2H3,(H,24,25,26). The summed E-state index contributed by atoms with van der Waals surface area (Å²) in [6.45, 7) is 4.86. The lowest BCUT2D eigenvalue weighted by molar-refractivity contribution is 0.0732. The Balaban J connectivity index is 1.75. The molecule has 2 heterocycles. The molecule has 0 bridgehead atoms. The number of carbonyl (C=O) groups excluding carboxylic acids is 1. The van der Waals surface area contributed by atoms with Crippen molar-refractivity contribution in [1.29, 1.82) is 0 Å². The molecule has 0 radical (unpaired) electrons. The fourth-order valence-electron chi connectivity index (χ4n) is 3.46. The number of aromatic nitrogens is 3. The number of H-pyrrole nitrogens is 1. The molecular formula is C23H22N4O. The number of aryl methyl sites for hydroxylation is 2. The van der Waals surface area contributed by atoms with Gasteiger partial charge in [-0.1, -0.05) is 60.7 Å². The van der Waals surface area contributed by atoms with Crippen LogP contribution in [0.25, 0.3) is 11.0 Å². The van der Waals surface area contributed by atoms with Gasteiger partial charge < -0.3 is 4.90 Å². The molecule has 0 saturated heterocycles. The summed E-state index contributed by atoms with van der Waals surface area (Å²) < 4.78 is 0. The predicted molar refractivity (Wildman–Crippen MR) is 110 cm³/mol. The van der Waals surface area contributed by atoms with Crippen molar-refractivity contribution in [3.05, 3.63) is 94.8 Å². The van der Waals surface area contributed by atoms with Crippen molar-refractivity contribution < 1.29 is 4.79 Å². The van der Waals surface area contributed by atoms with Gasteiger partial charge in [-0.2, -0.15) is 5.10 Å². The van der Waals surface area contributed by atoms with Crippen LogP contribution in [0.15, 0.2) is 66.7 Å². The summed E-state index contributed by atoms with van der Waals surface area (Å²) in [5, 5.41) is 7.97. The van der Waals surface area contributed by atoms with Gasteiger partial charge >= 0.3 is 0 Å². The maximum Gasteiger partial charge on any atom is 0.255 e. The van der Waals surface area contributed by atoms with Gasteiger partial charge in [-0.25, -0.2) is 4.98 Å². The third kappa shape index (κ3) is 3.64. The van der Waals surface area contributed by atoms with E-state index in [9.17, 15) is 4.79 Å². The minimum absolute atomic E-state index is 0.0206. The van der Waals surface area contributed by atoms with Gasteiger partial charge in [-0.05, 0) is 31.0 Å². The first-order valence-corrected chi connectivity index (χ1v) is 9.31. The Morgan fingerprint density at radius 3 is 2.07 bits per heavy atom. The molecule has 0 aliphatic heterocycles. The number of hydrogen-bond acceptors (Lipinski definition) is 3. The summed E-state index contributed by atoms with van der Waals surface area (Å²) in [7, 11) is 0. The van der Waals surface area contributed by atoms with E-state index in [1.54, 1.807) is 0 Å². The predicted octanol–water partition coefficient (Wildman–Crippen LogP) is 4.42. The van der Waals surface area contributed by atoms with Crippen molar-refractivity contribution in [2.75, 3.05) is 0 Å². The normalized spacial score (nSPS) is 10.9. The Morgan fingerprint density at radius 1 is 0.929 bits per heavy atom. The van der Waals surface area contributed by atoms with Crippen LogP contribution < -0.4 is 0 Å². The van der Waals surface area contributed by atoms with Crippen LogP contribution in [0.4, 0.5) is 0 Å². The summed E-state index contributed by atoms with van der Waals surface area (Å²) >= 11 is 0. The summed E-state index contributed by atoms with van der Waals surface area (Å²) in [5.41, 5.74) is 5.06. The van der Waals surface area contributed by atoms with Gasteiger partial charge in [0.2, 0.25) is 0 Å². The number of hydrogen-bond donors (Lipinski definition) is 1. The highest BCUT2D eigenvalue weighted by Crippen LogP contribution is 2.23. The average Bonchev–Trinajstić information content (AvgIpc) is 3.08. The zero-order valence-electron chi connectivity index (χ0n) is 16.0. The van der Waals surface area contributed by atoms with Gasteiger partial charge in [0.15, 0.2) is 5.65 Å². The average molecular weight is 370 g/mol. The van der Waals surface area contributed by atoms with Crippen molar-refractivity contribution in [2.45, 2.75) is 26.9 Å². The molecule has 28 heavy (non-hydrogen) atoms. The zero-order chi connectivity index (χ0) is 19.5. The van der Waals surface area contributed by atoms with Crippen LogP contribution in [0.5, 0.6) is 0 Å². The highest BCUT2D eigenvalue weighted by atomic mass is 16.2. The lowest BCUT2D eigenvalue weighted by Gasteiger charge is -2.24. The molecule has 0 unspecified atom stereocenters. The number of benzene rings is 2. The number of nitrogens with one attached hydrogen (secondary N) is 1. The quantitative estimate of drug-likeness (QED) is 0.566. The number of fused-ring (bicyclic) bond motifs is 1. The molecule has 4 aromatic rings. The summed E-state index contributed by atoms with van der Waals surface area (Å²) in [6, 6.07) is 22.0. The van der Waals surface area contributed by atoms with E-state index in [1.165, 1.54) is 0 Å². The minimum Gasteiger partial charge on any atom is -0.330 e. The molecule has 0 aliphatic rings. The Hall–Kier alpha value is -3.47. The molecule has 1 amide bonds. The molecule has 4 rings (SSSR count). The van der Waals surface area contributed by atoms with E-state index in [1.807, 2.05) is 85.5 Å². The number of nitrogens with zero attached hydrogens (tertiary/aromatic N) is 3. The zero-order valence-corrected chi connectivity index (χ0v) is 16.0. The van der Waals surface area contributed by atoms with E-state index in [0.717, 1.165) is 27.9 Å². The first-order valence-electron chi connectivity index (χ1n) is 9.31. The van der Waals surface area contributed by atoms with Crippen LogP contribution in [0, 0.1) is 13.8 Å². The van der Waals surface area contributed by atoms with Crippen LogP contribution in [0.2, 0.25) is 0 Å². The highest BCUT2D eigenvalue weighted by Gasteiger charge is 2.22. The lowest BCUT2D eigenvalue weighted by atomic mass is 10.1. The number of rotatable bonds is 5. The summed E-state index contributed by atoms with van der Waals surface area (Å²) in [5.74, 6) is -0.0206. The molecule has 1 N–H and O–H groups in total. The second-order valence-corrected chi connectivity index (χ2v) is 6.98. The van der Waals surface area contributed by atoms with Crippen molar-refractivity contribution >= 4 is 16.9 Å². The fraction of sp³-hybridized carbons (Fsp3) is 0.174. The first-order chi connectivity index (χ1) is 13.6. The monoisotopic (exact) mass is 370 g/mol. The number of carbonyl (C=O) groups is 1. The van der Waals surface area contributed by atoms with Crippen molar-refractivity contribution in [1.82, 2.24) is 20.1 Å². The van der Waals surface area contributed by atoms with Gasteiger partial charge in [0.1, 0.15) is 0 Å². The van der Waals surface area contributed by atoms with Crippen LogP contribution in [-0.2, 0) is 13.1 Å². The molecular weight excluding hydrogens is 348 g/mol. The first kappa shape index (κ1) is 17.9. The fourth-order valence-corrected chi connectivity index (χ4v) is 3.46. The SMILES string of the molecule is Cc1cc(C(=O)N(Cc2ccccc2)Cc2ccccc2)c2c(C)n[nH]c2n1. The summed E-state index contributed by atoms with van der Waals surface area (Å²) in [6.07, 6.45) is 0. The maximum absolute atomic E-state index is 13.6. The van der Waals surface area contributed by atoms with Crippen LogP contribution in [0.3, 0.4) is 0 Å². The smallest absolute Gasteiger partial charge is 0.255 e. The second-order valence-electron chi connectivity index (χ2n) is 6.98. The Labute approximate surface area is 164 Å². The van der Waals surface area contributed by atoms with Crippen LogP contribution in [0.1, 0.15) is 32.9 Å². The second kappa shape index (κ2) is 7.64. The number of aromatic amines is 1. The molecule has 5 nitrogen and oxygen atoms in total. The molecule has 0 spiro atoms. The third-order valence-corrected chi connectivity index (χ3v) is 4.79. The molecule has 0 aliphatic carbocycles. The molecule has 2 aromatic carbocycles. The minimum atomic E-state index is -0.0206. The highest BCUT2D eigenvalue weighted by molar-refractivity contribution is 6.06. The van der Waals surface area contributed by atoms with E-state index in [2.05, 4.69) is 15.2 Å². The Kier molecular flexibility index (Phi) is 4.89. The lowest BCUT2D eigenvalue weighted by Crippen LogP contribution is -2.30. The van der Waals surface area contributed by atoms with E-state index in [-0.39, 0.29) is 5.91 Å². The topological polar surface area (TPSA) is 61.9 Å². The van der Waals surface area contributed by atoms with Gasteiger partial charge in [-0.3, -0.25) is 9.89 Å². The van der Waals surface area contributed by atoms with Crippen molar-refractivity contribution in [2.24, 2.45) is 0 Å². The van der Waals surface area contributed by atoms with E-state index in [4.69, 9.17) is 0 Å². The van der Waals surface area contributed by atoms with Gasteiger partial charge in [0.25, 0.3) is 5.91 Å². The van der Waals surface area contributed by atoms with E-state index >= 15 is 0 Å². The molecule has 5 heteroatoms. The third-order valence-electron chi connectivity index (χ3n) is 4.79. The van der Waals surface area contributed by atoms with Gasteiger partial charge in [0, 0.05) is 18.8 Å². The van der Waals surface area contributed by atoms with E-state index in [0.29, 0.717) is 24.3 Å². The Morgan fingerprint density at radius 2 is 1.50 bits per heavy atom. The number of amides is 1. The molecule has 140 valence electrons. The van der Waals surface area contributed by atoms with E-state index < -0.39 is 0 Å². The van der Waals surface area contributed by atoms with Crippen molar-refractivity contribution in [3.63, 3.8) is 0 Å². The van der Waals surface area contributed by atoms with Gasteiger partial charge in [0.05, 0.1) is 16.6 Å². The van der Waals surface area contributed by atoms with Crippen molar-refractivity contribution in [3.8, 4) is 0 Å². The molecule has 2 aromatic heterocycles. The van der Waals surface area contributed by atoms with Gasteiger partial charge in [-0.15, -0.1) is 0 Å². The van der Waals surface area contributed by atoms with Crippen LogP contribution >= 0.6 is 0 Å². The molecule has 0 atom stereocenters. The number of pyridine rings is 1. The van der Waals surface area contributed by atoms with Crippen LogP contribution in [-0.4, -0.2) is 26.0 Å². The summed E-state index contributed by atoms with van der Waals surface area (Å²) in [4.78, 5) is 20.0. The molecule has 0 fully saturated rings. The maximum atomic E-state index is 13.6. The molecule has 0 saturated carbocycles. The largest absolute Gasteiger partial charge is 0.330 e.